The Bertz CT molecular complexity index is 340. The third-order valence-corrected chi connectivity index (χ3v) is 3.29. The van der Waals surface area contributed by atoms with E-state index in [1.807, 2.05) is 20.8 Å². The minimum absolute atomic E-state index is 0.0147. The van der Waals surface area contributed by atoms with E-state index in [1.54, 1.807) is 7.05 Å². The van der Waals surface area contributed by atoms with Gasteiger partial charge >= 0.3 is 5.97 Å². The van der Waals surface area contributed by atoms with E-state index in [4.69, 9.17) is 4.74 Å². The van der Waals surface area contributed by atoms with Gasteiger partial charge in [0, 0.05) is 13.0 Å². The van der Waals surface area contributed by atoms with Crippen molar-refractivity contribution in [2.75, 3.05) is 13.6 Å². The van der Waals surface area contributed by atoms with Crippen LogP contribution in [0.4, 0.5) is 0 Å². The van der Waals surface area contributed by atoms with Gasteiger partial charge in [-0.05, 0) is 47.1 Å². The molecule has 6 nitrogen and oxygen atoms in total. The van der Waals surface area contributed by atoms with Crippen molar-refractivity contribution >= 4 is 11.9 Å². The fourth-order valence-corrected chi connectivity index (χ4v) is 2.08. The van der Waals surface area contributed by atoms with Crippen molar-refractivity contribution in [1.82, 2.24) is 10.6 Å². The number of aliphatic hydroxyl groups is 1. The summed E-state index contributed by atoms with van der Waals surface area (Å²) in [6.45, 7) is 5.80. The van der Waals surface area contributed by atoms with Gasteiger partial charge in [0.1, 0.15) is 11.8 Å². The van der Waals surface area contributed by atoms with Crippen molar-refractivity contribution in [3.05, 3.63) is 0 Å². The number of unbranched alkanes of at least 4 members (excludes halogenated alkanes) is 4. The fraction of sp³-hybridized carbons (Fsp3) is 0.882. The van der Waals surface area contributed by atoms with E-state index < -0.39 is 11.8 Å². The predicted molar refractivity (Wildman–Crippen MR) is 90.9 cm³/mol. The third-order valence-electron chi connectivity index (χ3n) is 3.29. The third kappa shape index (κ3) is 15.5. The zero-order valence-corrected chi connectivity index (χ0v) is 15.1. The average Bonchev–Trinajstić information content (AvgIpc) is 2.43. The van der Waals surface area contributed by atoms with Crippen molar-refractivity contribution in [3.8, 4) is 0 Å². The molecule has 6 heteroatoms. The van der Waals surface area contributed by atoms with Gasteiger partial charge in [-0.15, -0.1) is 0 Å². The van der Waals surface area contributed by atoms with Gasteiger partial charge in [0.15, 0.2) is 0 Å². The number of esters is 1. The van der Waals surface area contributed by atoms with Crippen LogP contribution in [0.1, 0.15) is 72.1 Å². The number of nitrogens with one attached hydrogen (secondary N) is 2. The Hall–Kier alpha value is -1.14. The van der Waals surface area contributed by atoms with Crippen LogP contribution in [0.5, 0.6) is 0 Å². The summed E-state index contributed by atoms with van der Waals surface area (Å²) in [6, 6.07) is 0. The Morgan fingerprint density at radius 3 is 2.26 bits per heavy atom. The van der Waals surface area contributed by atoms with Crippen molar-refractivity contribution < 1.29 is 19.4 Å². The highest BCUT2D eigenvalue weighted by Crippen LogP contribution is 2.09. The average molecular weight is 330 g/mol. The molecule has 1 unspecified atom stereocenters. The Kier molecular flexibility index (Phi) is 11.7. The number of carbonyl (C=O) groups is 2. The van der Waals surface area contributed by atoms with Gasteiger partial charge in [0.2, 0.25) is 5.91 Å². The molecule has 0 aromatic heterocycles. The Morgan fingerprint density at radius 2 is 1.65 bits per heavy atom. The summed E-state index contributed by atoms with van der Waals surface area (Å²) in [5, 5.41) is 14.9. The molecule has 0 saturated heterocycles. The summed E-state index contributed by atoms with van der Waals surface area (Å²) in [5.74, 6) is -0.305. The lowest BCUT2D eigenvalue weighted by Gasteiger charge is -2.19. The van der Waals surface area contributed by atoms with Crippen LogP contribution < -0.4 is 10.6 Å². The molecule has 0 saturated carbocycles. The molecule has 1 amide bonds. The van der Waals surface area contributed by atoms with Gasteiger partial charge < -0.3 is 15.2 Å². The minimum atomic E-state index is -0.482. The SMILES string of the molecule is CNC(O)CCCCCCCC(=O)NCCC(=O)OC(C)(C)C. The zero-order chi connectivity index (χ0) is 17.7. The molecule has 0 aliphatic heterocycles. The van der Waals surface area contributed by atoms with Gasteiger partial charge in [0.05, 0.1) is 6.42 Å². The van der Waals surface area contributed by atoms with Crippen LogP contribution in [0, 0.1) is 0 Å². The van der Waals surface area contributed by atoms with Gasteiger partial charge in [-0.2, -0.15) is 0 Å². The molecule has 0 radical (unpaired) electrons. The molecule has 1 atom stereocenters. The Morgan fingerprint density at radius 1 is 1.04 bits per heavy atom. The highest BCUT2D eigenvalue weighted by molar-refractivity contribution is 5.77. The molecule has 0 aliphatic rings. The topological polar surface area (TPSA) is 87.7 Å². The summed E-state index contributed by atoms with van der Waals surface area (Å²) in [5.41, 5.74) is -0.482. The van der Waals surface area contributed by atoms with Crippen LogP contribution in [-0.4, -0.2) is 42.4 Å². The molecule has 0 heterocycles. The number of ether oxygens (including phenoxy) is 1. The molecule has 0 spiro atoms. The molecular formula is C17H34N2O4. The first kappa shape index (κ1) is 21.9. The number of amides is 1. The first-order valence-electron chi connectivity index (χ1n) is 8.58. The second-order valence-corrected chi connectivity index (χ2v) is 6.80. The second-order valence-electron chi connectivity index (χ2n) is 6.80. The second kappa shape index (κ2) is 12.3. The molecule has 0 rings (SSSR count). The lowest BCUT2D eigenvalue weighted by atomic mass is 10.1. The number of carbonyl (C=O) groups excluding carboxylic acids is 2. The number of hydrogen-bond acceptors (Lipinski definition) is 5. The summed E-state index contributed by atoms with van der Waals surface area (Å²) in [6.07, 6.45) is 6.05. The maximum absolute atomic E-state index is 11.6. The van der Waals surface area contributed by atoms with Crippen LogP contribution in [0.15, 0.2) is 0 Å². The van der Waals surface area contributed by atoms with Crippen molar-refractivity contribution in [1.29, 1.82) is 0 Å². The van der Waals surface area contributed by atoms with Gasteiger partial charge in [-0.3, -0.25) is 14.9 Å². The fourth-order valence-electron chi connectivity index (χ4n) is 2.08. The van der Waals surface area contributed by atoms with E-state index in [0.29, 0.717) is 13.0 Å². The van der Waals surface area contributed by atoms with Crippen molar-refractivity contribution in [2.24, 2.45) is 0 Å². The first-order valence-corrected chi connectivity index (χ1v) is 8.58. The number of hydrogen-bond donors (Lipinski definition) is 3. The highest BCUT2D eigenvalue weighted by atomic mass is 16.6. The molecule has 0 aromatic carbocycles. The monoisotopic (exact) mass is 330 g/mol. The van der Waals surface area contributed by atoms with E-state index in [-0.39, 0.29) is 18.3 Å². The molecule has 3 N–H and O–H groups in total. The normalized spacial score (nSPS) is 12.7. The highest BCUT2D eigenvalue weighted by Gasteiger charge is 2.15. The number of aliphatic hydroxyl groups excluding tert-OH is 1. The largest absolute Gasteiger partial charge is 0.460 e. The van der Waals surface area contributed by atoms with E-state index in [0.717, 1.165) is 38.5 Å². The first-order chi connectivity index (χ1) is 10.7. The molecular weight excluding hydrogens is 296 g/mol. The Labute approximate surface area is 140 Å². The molecule has 0 fully saturated rings. The van der Waals surface area contributed by atoms with E-state index in [9.17, 15) is 14.7 Å². The summed E-state index contributed by atoms with van der Waals surface area (Å²) >= 11 is 0. The molecule has 136 valence electrons. The summed E-state index contributed by atoms with van der Waals surface area (Å²) in [7, 11) is 1.74. The maximum Gasteiger partial charge on any atom is 0.308 e. The van der Waals surface area contributed by atoms with Gasteiger partial charge in [0.25, 0.3) is 0 Å². The summed E-state index contributed by atoms with van der Waals surface area (Å²) < 4.78 is 5.17. The van der Waals surface area contributed by atoms with Crippen LogP contribution in [0.3, 0.4) is 0 Å². The summed E-state index contributed by atoms with van der Waals surface area (Å²) in [4.78, 5) is 23.1. The van der Waals surface area contributed by atoms with Crippen LogP contribution in [0.25, 0.3) is 0 Å². The molecule has 0 aliphatic carbocycles. The molecule has 0 aromatic rings. The van der Waals surface area contributed by atoms with E-state index in [1.165, 1.54) is 0 Å². The minimum Gasteiger partial charge on any atom is -0.460 e. The van der Waals surface area contributed by atoms with Gasteiger partial charge in [-0.25, -0.2) is 0 Å². The smallest absolute Gasteiger partial charge is 0.308 e. The van der Waals surface area contributed by atoms with Crippen LogP contribution >= 0.6 is 0 Å². The number of rotatable bonds is 12. The van der Waals surface area contributed by atoms with Gasteiger partial charge in [-0.1, -0.05) is 19.3 Å². The van der Waals surface area contributed by atoms with Crippen molar-refractivity contribution in [3.63, 3.8) is 0 Å². The maximum atomic E-state index is 11.6. The van der Waals surface area contributed by atoms with E-state index in [2.05, 4.69) is 10.6 Å². The lowest BCUT2D eigenvalue weighted by Crippen LogP contribution is -2.29. The quantitative estimate of drug-likeness (QED) is 0.290. The molecule has 23 heavy (non-hydrogen) atoms. The standard InChI is InChI=1S/C17H34N2O4/c1-17(2,3)23-16(22)12-13-19-15(21)11-9-7-5-6-8-10-14(20)18-4/h14,18,20H,5-13H2,1-4H3,(H,19,21). The van der Waals surface area contributed by atoms with E-state index >= 15 is 0 Å². The van der Waals surface area contributed by atoms with Crippen LogP contribution in [-0.2, 0) is 14.3 Å². The Balaban J connectivity index is 3.46. The van der Waals surface area contributed by atoms with Crippen molar-refractivity contribution in [2.45, 2.75) is 84.0 Å². The molecule has 0 bridgehead atoms. The van der Waals surface area contributed by atoms with Crippen LogP contribution in [0.2, 0.25) is 0 Å². The lowest BCUT2D eigenvalue weighted by molar-refractivity contribution is -0.154. The zero-order valence-electron chi connectivity index (χ0n) is 15.1. The predicted octanol–water partition coefficient (Wildman–Crippen LogP) is 2.10.